The number of non-ortho nitro benzene ring substituents is 2. The molecule has 0 saturated heterocycles. The van der Waals surface area contributed by atoms with Crippen LogP contribution in [0.3, 0.4) is 0 Å². The van der Waals surface area contributed by atoms with E-state index in [0.29, 0.717) is 52.2 Å². The van der Waals surface area contributed by atoms with E-state index in [9.17, 15) is 29.8 Å². The summed E-state index contributed by atoms with van der Waals surface area (Å²) in [6, 6.07) is 11.7. The van der Waals surface area contributed by atoms with Gasteiger partial charge < -0.3 is 18.9 Å². The zero-order chi connectivity index (χ0) is 31.1. The van der Waals surface area contributed by atoms with Gasteiger partial charge in [0.25, 0.3) is 11.4 Å². The second-order valence-electron chi connectivity index (χ2n) is 9.95. The van der Waals surface area contributed by atoms with Gasteiger partial charge >= 0.3 is 11.9 Å². The summed E-state index contributed by atoms with van der Waals surface area (Å²) in [7, 11) is 1.54. The molecule has 3 aromatic rings. The Labute approximate surface area is 247 Å². The number of hydrogen-bond acceptors (Lipinski definition) is 10. The first-order valence-corrected chi connectivity index (χ1v) is 13.4. The molecule has 0 atom stereocenters. The van der Waals surface area contributed by atoms with E-state index in [-0.39, 0.29) is 37.6 Å². The number of hydrogen-bond donors (Lipinski definition) is 0. The molecule has 0 radical (unpaired) electrons. The van der Waals surface area contributed by atoms with Crippen LogP contribution in [0, 0.1) is 27.2 Å². The van der Waals surface area contributed by atoms with Gasteiger partial charge in [-0.2, -0.15) is 0 Å². The number of rotatable bonds is 13. The Bertz CT molecular complexity index is 1580. The minimum Gasteiger partial charge on any atom is -0.496 e. The molecule has 0 fully saturated rings. The molecule has 12 heteroatoms. The standard InChI is InChI=1S/C31H30N2O10/c1-19(5-15-27(34)41-16-21-6-10-23(11-7-21)32(36)37)4-14-25-29(40-3)20(2)26-18-43-31(35)28(26)30(25)42-17-22-8-12-24(13-9-22)33(38)39/h4,6-13H,5,14-18H2,1-3H3/b19-4+. The summed E-state index contributed by atoms with van der Waals surface area (Å²) >= 11 is 0. The van der Waals surface area contributed by atoms with Gasteiger partial charge in [0.05, 0.1) is 17.0 Å². The molecular formula is C31H30N2O10. The van der Waals surface area contributed by atoms with Crippen molar-refractivity contribution in [1.29, 1.82) is 0 Å². The number of fused-ring (bicyclic) bond motifs is 1. The van der Waals surface area contributed by atoms with Crippen molar-refractivity contribution >= 4 is 23.3 Å². The lowest BCUT2D eigenvalue weighted by Crippen LogP contribution is -2.09. The summed E-state index contributed by atoms with van der Waals surface area (Å²) in [6.45, 7) is 3.89. The van der Waals surface area contributed by atoms with Gasteiger partial charge in [0.1, 0.15) is 36.9 Å². The average molecular weight is 591 g/mol. The van der Waals surface area contributed by atoms with Crippen molar-refractivity contribution in [3.05, 3.63) is 114 Å². The van der Waals surface area contributed by atoms with Crippen molar-refractivity contribution in [2.45, 2.75) is 52.9 Å². The Balaban J connectivity index is 1.46. The van der Waals surface area contributed by atoms with Crippen molar-refractivity contribution in [3.63, 3.8) is 0 Å². The van der Waals surface area contributed by atoms with Crippen LogP contribution in [-0.2, 0) is 40.5 Å². The van der Waals surface area contributed by atoms with E-state index < -0.39 is 21.8 Å². The zero-order valence-corrected chi connectivity index (χ0v) is 23.9. The van der Waals surface area contributed by atoms with Crippen LogP contribution in [0.2, 0.25) is 0 Å². The average Bonchev–Trinajstić information content (AvgIpc) is 3.39. The van der Waals surface area contributed by atoms with Crippen LogP contribution in [0.4, 0.5) is 11.4 Å². The molecule has 0 unspecified atom stereocenters. The van der Waals surface area contributed by atoms with Crippen LogP contribution in [0.25, 0.3) is 0 Å². The summed E-state index contributed by atoms with van der Waals surface area (Å²) in [4.78, 5) is 45.9. The molecule has 0 saturated carbocycles. The van der Waals surface area contributed by atoms with Crippen molar-refractivity contribution in [2.75, 3.05) is 7.11 Å². The highest BCUT2D eigenvalue weighted by atomic mass is 16.6. The topological polar surface area (TPSA) is 157 Å². The van der Waals surface area contributed by atoms with E-state index in [2.05, 4.69) is 0 Å². The molecule has 0 aliphatic carbocycles. The van der Waals surface area contributed by atoms with Crippen molar-refractivity contribution < 1.29 is 38.4 Å². The maximum Gasteiger partial charge on any atom is 0.342 e. The van der Waals surface area contributed by atoms with Crippen LogP contribution in [0.1, 0.15) is 57.9 Å². The number of carbonyl (C=O) groups is 2. The maximum absolute atomic E-state index is 12.7. The summed E-state index contributed by atoms with van der Waals surface area (Å²) in [6.07, 6.45) is 2.81. The predicted octanol–water partition coefficient (Wildman–Crippen LogP) is 6.08. The van der Waals surface area contributed by atoms with Gasteiger partial charge in [0.2, 0.25) is 0 Å². The van der Waals surface area contributed by atoms with Gasteiger partial charge in [0.15, 0.2) is 0 Å². The molecular weight excluding hydrogens is 560 g/mol. The van der Waals surface area contributed by atoms with Gasteiger partial charge in [-0.05, 0) is 67.6 Å². The smallest absolute Gasteiger partial charge is 0.342 e. The Morgan fingerprint density at radius 3 is 2.07 bits per heavy atom. The third-order valence-corrected chi connectivity index (χ3v) is 7.08. The normalized spacial score (nSPS) is 12.3. The monoisotopic (exact) mass is 590 g/mol. The Morgan fingerprint density at radius 2 is 1.51 bits per heavy atom. The third-order valence-electron chi connectivity index (χ3n) is 7.08. The van der Waals surface area contributed by atoms with Gasteiger partial charge in [-0.15, -0.1) is 0 Å². The maximum atomic E-state index is 12.7. The first kappa shape index (κ1) is 30.7. The summed E-state index contributed by atoms with van der Waals surface area (Å²) in [5, 5.41) is 21.8. The molecule has 43 heavy (non-hydrogen) atoms. The Morgan fingerprint density at radius 1 is 0.930 bits per heavy atom. The van der Waals surface area contributed by atoms with Crippen molar-refractivity contribution in [2.24, 2.45) is 0 Å². The number of nitro groups is 2. The molecule has 3 aromatic carbocycles. The molecule has 0 spiro atoms. The number of nitro benzene ring substituents is 2. The van der Waals surface area contributed by atoms with E-state index in [0.717, 1.165) is 11.1 Å². The fraction of sp³-hybridized carbons (Fsp3) is 0.290. The van der Waals surface area contributed by atoms with Gasteiger partial charge in [0, 0.05) is 41.8 Å². The molecule has 224 valence electrons. The van der Waals surface area contributed by atoms with E-state index in [1.54, 1.807) is 24.3 Å². The summed E-state index contributed by atoms with van der Waals surface area (Å²) in [5.41, 5.74) is 4.56. The molecule has 0 amide bonds. The molecule has 4 rings (SSSR count). The Hall–Kier alpha value is -5.26. The second-order valence-corrected chi connectivity index (χ2v) is 9.95. The number of allylic oxidation sites excluding steroid dienone is 2. The van der Waals surface area contributed by atoms with Gasteiger partial charge in [-0.25, -0.2) is 4.79 Å². The van der Waals surface area contributed by atoms with E-state index >= 15 is 0 Å². The van der Waals surface area contributed by atoms with E-state index in [1.165, 1.54) is 31.4 Å². The van der Waals surface area contributed by atoms with E-state index in [1.807, 2.05) is 19.9 Å². The predicted molar refractivity (Wildman–Crippen MR) is 154 cm³/mol. The molecule has 0 bridgehead atoms. The van der Waals surface area contributed by atoms with Crippen LogP contribution in [0.5, 0.6) is 11.5 Å². The molecule has 1 heterocycles. The molecule has 12 nitrogen and oxygen atoms in total. The SMILES string of the molecule is COc1c(C)c2c(c(OCc3ccc([N+](=O)[O-])cc3)c1C/C=C(\C)CCC(=O)OCc1ccc([N+](=O)[O-])cc1)C(=O)OC2. The number of methoxy groups -OCH3 is 1. The first-order valence-electron chi connectivity index (χ1n) is 13.4. The summed E-state index contributed by atoms with van der Waals surface area (Å²) in [5.74, 6) is -0.0312. The fourth-order valence-corrected chi connectivity index (χ4v) is 4.67. The second kappa shape index (κ2) is 13.6. The lowest BCUT2D eigenvalue weighted by Gasteiger charge is -2.19. The fourth-order valence-electron chi connectivity index (χ4n) is 4.67. The highest BCUT2D eigenvalue weighted by Gasteiger charge is 2.33. The Kier molecular flexibility index (Phi) is 9.71. The highest BCUT2D eigenvalue weighted by Crippen LogP contribution is 2.43. The largest absolute Gasteiger partial charge is 0.496 e. The number of carbonyl (C=O) groups excluding carboxylic acids is 2. The van der Waals surface area contributed by atoms with E-state index in [4.69, 9.17) is 18.9 Å². The number of esters is 2. The highest BCUT2D eigenvalue weighted by molar-refractivity contribution is 5.98. The lowest BCUT2D eigenvalue weighted by molar-refractivity contribution is -0.385. The van der Waals surface area contributed by atoms with Gasteiger partial charge in [-0.3, -0.25) is 25.0 Å². The number of nitrogens with zero attached hydrogens (tertiary/aromatic N) is 2. The third kappa shape index (κ3) is 7.34. The lowest BCUT2D eigenvalue weighted by atomic mass is 9.94. The van der Waals surface area contributed by atoms with Crippen LogP contribution in [-0.4, -0.2) is 28.9 Å². The minimum atomic E-state index is -0.503. The minimum absolute atomic E-state index is 0.0107. The summed E-state index contributed by atoms with van der Waals surface area (Å²) < 4.78 is 22.5. The number of cyclic esters (lactones) is 1. The number of benzene rings is 3. The zero-order valence-electron chi connectivity index (χ0n) is 23.9. The quantitative estimate of drug-likeness (QED) is 0.0988. The molecule has 0 aromatic heterocycles. The molecule has 1 aliphatic heterocycles. The van der Waals surface area contributed by atoms with Crippen molar-refractivity contribution in [3.8, 4) is 11.5 Å². The first-order chi connectivity index (χ1) is 20.6. The van der Waals surface area contributed by atoms with Crippen molar-refractivity contribution in [1.82, 2.24) is 0 Å². The van der Waals surface area contributed by atoms with Gasteiger partial charge in [-0.1, -0.05) is 11.6 Å². The van der Waals surface area contributed by atoms with Crippen LogP contribution < -0.4 is 9.47 Å². The van der Waals surface area contributed by atoms with Crippen LogP contribution >= 0.6 is 0 Å². The molecule has 1 aliphatic rings. The van der Waals surface area contributed by atoms with Crippen LogP contribution in [0.15, 0.2) is 60.2 Å². The number of ether oxygens (including phenoxy) is 4. The molecule has 0 N–H and O–H groups in total.